The molecule has 0 spiro atoms. The number of rotatable bonds is 2. The van der Waals surface area contributed by atoms with Crippen molar-refractivity contribution in [3.63, 3.8) is 0 Å². The van der Waals surface area contributed by atoms with Crippen LogP contribution in [0.5, 0.6) is 0 Å². The third-order valence-corrected chi connectivity index (χ3v) is 1.18. The van der Waals surface area contributed by atoms with E-state index >= 15 is 0 Å². The number of carbonyl (C=O) groups is 2. The van der Waals surface area contributed by atoms with Crippen molar-refractivity contribution in [2.24, 2.45) is 0 Å². The minimum absolute atomic E-state index is 0. The average molecular weight is 197 g/mol. The second-order valence-corrected chi connectivity index (χ2v) is 2.51. The summed E-state index contributed by atoms with van der Waals surface area (Å²) in [6.07, 6.45) is 0. The molecule has 0 aromatic carbocycles. The van der Waals surface area contributed by atoms with Gasteiger partial charge in [-0.3, -0.25) is 0 Å². The van der Waals surface area contributed by atoms with Crippen LogP contribution in [0, 0.1) is 0 Å². The van der Waals surface area contributed by atoms with Crippen LogP contribution in [-0.4, -0.2) is 26.5 Å². The summed E-state index contributed by atoms with van der Waals surface area (Å²) in [7, 11) is 0. The van der Waals surface area contributed by atoms with Gasteiger partial charge in [-0.2, -0.15) is 0 Å². The largest absolute Gasteiger partial charge is 1.00 e. The number of hydrogen-bond donors (Lipinski definition) is 2. The smallest absolute Gasteiger partial charge is 1.00 e. The molecule has 0 unspecified atom stereocenters. The molecular weight excluding hydrogens is 194 g/mol. The van der Waals surface area contributed by atoms with Gasteiger partial charge in [0.15, 0.2) is 0 Å². The normalized spacial score (nSPS) is 9.80. The Morgan fingerprint density at radius 1 is 1.20 bits per heavy atom. The van der Waals surface area contributed by atoms with Crippen molar-refractivity contribution in [2.45, 2.75) is 4.33 Å². The van der Waals surface area contributed by atoms with E-state index in [4.69, 9.17) is 33.4 Å². The Bertz CT molecular complexity index is 145. The summed E-state index contributed by atoms with van der Waals surface area (Å²) in [6.45, 7) is 0. The summed E-state index contributed by atoms with van der Waals surface area (Å²) in [6, 6.07) is 0. The van der Waals surface area contributed by atoms with Crippen LogP contribution in [0.1, 0.15) is 1.43 Å². The van der Waals surface area contributed by atoms with E-state index in [-0.39, 0.29) is 31.0 Å². The average Bonchev–Trinajstić information content (AvgIpc) is 1.65. The van der Waals surface area contributed by atoms with Gasteiger partial charge in [0.05, 0.1) is 0 Å². The molecule has 0 atom stereocenters. The number of hydrogen-bond acceptors (Lipinski definition) is 2. The third-order valence-electron chi connectivity index (χ3n) is 0.537. The van der Waals surface area contributed by atoms with Crippen LogP contribution in [0.3, 0.4) is 0 Å². The molecule has 0 fully saturated rings. The van der Waals surface area contributed by atoms with Crippen LogP contribution in [0.25, 0.3) is 0 Å². The van der Waals surface area contributed by atoms with Crippen LogP contribution in [0.2, 0.25) is 0 Å². The molecular formula is C3H3Cl2NaO4. The minimum atomic E-state index is -2.72. The maximum Gasteiger partial charge on any atom is 1.00 e. The molecule has 0 aliphatic heterocycles. The first kappa shape index (κ1) is 13.1. The Kier molecular flexibility index (Phi) is 5.79. The zero-order valence-electron chi connectivity index (χ0n) is 5.97. The van der Waals surface area contributed by atoms with Crippen molar-refractivity contribution in [3.8, 4) is 0 Å². The predicted molar refractivity (Wildman–Crippen MR) is 30.8 cm³/mol. The van der Waals surface area contributed by atoms with E-state index in [1.807, 2.05) is 0 Å². The maximum absolute atomic E-state index is 9.82. The second-order valence-electron chi connectivity index (χ2n) is 1.18. The second kappa shape index (κ2) is 4.41. The van der Waals surface area contributed by atoms with E-state index in [1.165, 1.54) is 0 Å². The molecule has 2 N–H and O–H groups in total. The molecule has 0 amide bonds. The van der Waals surface area contributed by atoms with Gasteiger partial charge in [-0.25, -0.2) is 9.59 Å². The van der Waals surface area contributed by atoms with E-state index < -0.39 is 16.3 Å². The first-order chi connectivity index (χ1) is 3.89. The molecule has 0 rings (SSSR count). The zero-order chi connectivity index (χ0) is 7.65. The molecule has 0 bridgehead atoms. The Balaban J connectivity index is -0.000000320. The van der Waals surface area contributed by atoms with Crippen molar-refractivity contribution in [1.82, 2.24) is 0 Å². The molecule has 54 valence electrons. The van der Waals surface area contributed by atoms with E-state index in [0.717, 1.165) is 0 Å². The predicted octanol–water partition coefficient (Wildman–Crippen LogP) is -2.55. The van der Waals surface area contributed by atoms with Crippen molar-refractivity contribution in [1.29, 1.82) is 0 Å². The maximum atomic E-state index is 9.82. The van der Waals surface area contributed by atoms with Gasteiger partial charge in [0.2, 0.25) is 0 Å². The van der Waals surface area contributed by atoms with Crippen LogP contribution < -0.4 is 29.6 Å². The summed E-state index contributed by atoms with van der Waals surface area (Å²) in [4.78, 5) is 19.6. The SMILES string of the molecule is O=C(O)C(Cl)(Cl)C(=O)O.[H-].[Na+]. The number of carboxylic acid groups (broad SMARTS) is 2. The summed E-state index contributed by atoms with van der Waals surface area (Å²) < 4.78 is -2.72. The van der Waals surface area contributed by atoms with E-state index in [2.05, 4.69) is 0 Å². The minimum Gasteiger partial charge on any atom is -1.00 e. The molecule has 0 radical (unpaired) electrons. The van der Waals surface area contributed by atoms with Crippen LogP contribution >= 0.6 is 23.2 Å². The fraction of sp³-hybridized carbons (Fsp3) is 0.333. The van der Waals surface area contributed by atoms with Gasteiger partial charge in [0.1, 0.15) is 0 Å². The Morgan fingerprint density at radius 2 is 1.40 bits per heavy atom. The quantitative estimate of drug-likeness (QED) is 0.290. The molecule has 0 aromatic heterocycles. The third kappa shape index (κ3) is 3.07. The Hall–Kier alpha value is 0.520. The van der Waals surface area contributed by atoms with Gasteiger partial charge in [-0.05, 0) is 0 Å². The molecule has 0 saturated heterocycles. The monoisotopic (exact) mass is 196 g/mol. The zero-order valence-corrected chi connectivity index (χ0v) is 8.48. The molecule has 0 heterocycles. The van der Waals surface area contributed by atoms with Crippen molar-refractivity contribution < 1.29 is 50.8 Å². The topological polar surface area (TPSA) is 74.6 Å². The first-order valence-corrected chi connectivity index (χ1v) is 2.49. The van der Waals surface area contributed by atoms with Gasteiger partial charge >= 0.3 is 45.8 Å². The molecule has 0 saturated carbocycles. The number of aliphatic carboxylic acids is 2. The van der Waals surface area contributed by atoms with E-state index in [9.17, 15) is 9.59 Å². The first-order valence-electron chi connectivity index (χ1n) is 1.73. The van der Waals surface area contributed by atoms with Gasteiger partial charge < -0.3 is 11.6 Å². The summed E-state index contributed by atoms with van der Waals surface area (Å²) >= 11 is 9.54. The van der Waals surface area contributed by atoms with Gasteiger partial charge in [0.25, 0.3) is 0 Å². The summed E-state index contributed by atoms with van der Waals surface area (Å²) in [5.41, 5.74) is 0. The van der Waals surface area contributed by atoms with E-state index in [0.29, 0.717) is 0 Å². The van der Waals surface area contributed by atoms with Crippen LogP contribution in [0.15, 0.2) is 0 Å². The van der Waals surface area contributed by atoms with Crippen molar-refractivity contribution >= 4 is 35.1 Å². The number of halogens is 2. The molecule has 4 nitrogen and oxygen atoms in total. The Morgan fingerprint density at radius 3 is 1.40 bits per heavy atom. The van der Waals surface area contributed by atoms with Crippen LogP contribution in [0.4, 0.5) is 0 Å². The van der Waals surface area contributed by atoms with E-state index in [1.54, 1.807) is 0 Å². The molecule has 0 aliphatic rings. The van der Waals surface area contributed by atoms with Gasteiger partial charge in [-0.1, -0.05) is 23.2 Å². The van der Waals surface area contributed by atoms with Gasteiger partial charge in [-0.15, -0.1) is 0 Å². The number of alkyl halides is 2. The number of carboxylic acids is 2. The van der Waals surface area contributed by atoms with Gasteiger partial charge in [0, 0.05) is 0 Å². The molecule has 7 heteroatoms. The molecule has 0 aliphatic carbocycles. The van der Waals surface area contributed by atoms with Crippen molar-refractivity contribution in [2.75, 3.05) is 0 Å². The Labute approximate surface area is 89.9 Å². The fourth-order valence-electron chi connectivity index (χ4n) is 0.0915. The standard InChI is InChI=1S/C3H2Cl2O4.Na.H/c4-3(5,1(6)7)2(8)9;;/h(H,6,7)(H,8,9);;/q;+1;-1. The van der Waals surface area contributed by atoms with Crippen molar-refractivity contribution in [3.05, 3.63) is 0 Å². The molecule has 10 heavy (non-hydrogen) atoms. The summed E-state index contributed by atoms with van der Waals surface area (Å²) in [5.74, 6) is -3.59. The summed E-state index contributed by atoms with van der Waals surface area (Å²) in [5, 5.41) is 15.9. The molecule has 0 aromatic rings. The fourth-order valence-corrected chi connectivity index (χ4v) is 0.0915. The van der Waals surface area contributed by atoms with Crippen LogP contribution in [-0.2, 0) is 9.59 Å².